The summed E-state index contributed by atoms with van der Waals surface area (Å²) >= 11 is 0. The Bertz CT molecular complexity index is 650. The Morgan fingerprint density at radius 1 is 1.29 bits per heavy atom. The number of ether oxygens (including phenoxy) is 1. The largest absolute Gasteiger partial charge is 0.492 e. The number of likely N-dealkylation sites (N-methyl/N-ethyl adjacent to an activating group) is 1. The zero-order valence-electron chi connectivity index (χ0n) is 12.5. The van der Waals surface area contributed by atoms with Crippen LogP contribution in [0.5, 0.6) is 5.75 Å². The Morgan fingerprint density at radius 3 is 2.81 bits per heavy atom. The average molecular weight is 291 g/mol. The summed E-state index contributed by atoms with van der Waals surface area (Å²) in [6.45, 7) is 6.86. The fraction of sp³-hybridized carbons (Fsp3) is 0.438. The number of hydrogen-bond acceptors (Lipinski definition) is 5. The minimum absolute atomic E-state index is 0.147. The number of nitrogens with zero attached hydrogens (tertiary/aromatic N) is 1. The maximum atomic E-state index is 11.4. The second kappa shape index (κ2) is 7.24. The molecule has 0 saturated carbocycles. The van der Waals surface area contributed by atoms with Gasteiger partial charge in [0.25, 0.3) is 0 Å². The molecule has 1 aromatic heterocycles. The number of aliphatic hydroxyl groups is 1. The van der Waals surface area contributed by atoms with Gasteiger partial charge in [-0.1, -0.05) is 6.92 Å². The lowest BCUT2D eigenvalue weighted by Crippen LogP contribution is -2.30. The summed E-state index contributed by atoms with van der Waals surface area (Å²) in [7, 11) is 0. The van der Waals surface area contributed by atoms with Gasteiger partial charge in [0.05, 0.1) is 6.61 Å². The molecule has 1 aromatic carbocycles. The van der Waals surface area contributed by atoms with Gasteiger partial charge in [-0.05, 0) is 31.2 Å². The molecule has 0 radical (unpaired) electrons. The van der Waals surface area contributed by atoms with Crippen molar-refractivity contribution in [2.45, 2.75) is 13.8 Å². The van der Waals surface area contributed by atoms with Crippen LogP contribution < -0.4 is 10.4 Å². The first-order chi connectivity index (χ1) is 10.1. The smallest absolute Gasteiger partial charge is 0.336 e. The molecule has 2 rings (SSSR count). The Kier molecular flexibility index (Phi) is 5.36. The van der Waals surface area contributed by atoms with Gasteiger partial charge in [-0.3, -0.25) is 4.90 Å². The van der Waals surface area contributed by atoms with E-state index >= 15 is 0 Å². The summed E-state index contributed by atoms with van der Waals surface area (Å²) in [5.41, 5.74) is 1.09. The van der Waals surface area contributed by atoms with Crippen molar-refractivity contribution in [3.63, 3.8) is 0 Å². The molecule has 0 saturated heterocycles. The van der Waals surface area contributed by atoms with E-state index in [1.165, 1.54) is 6.07 Å². The van der Waals surface area contributed by atoms with Crippen LogP contribution in [0.3, 0.4) is 0 Å². The fourth-order valence-electron chi connectivity index (χ4n) is 2.26. The molecule has 0 aliphatic carbocycles. The average Bonchev–Trinajstić information content (AvgIpc) is 2.45. The van der Waals surface area contributed by atoms with Crippen LogP contribution in [0, 0.1) is 6.92 Å². The number of benzene rings is 1. The van der Waals surface area contributed by atoms with Crippen LogP contribution >= 0.6 is 0 Å². The molecule has 0 unspecified atom stereocenters. The second-order valence-corrected chi connectivity index (χ2v) is 4.91. The molecule has 1 N–H and O–H groups in total. The minimum Gasteiger partial charge on any atom is -0.492 e. The van der Waals surface area contributed by atoms with Gasteiger partial charge in [0, 0.05) is 30.6 Å². The summed E-state index contributed by atoms with van der Waals surface area (Å²) in [6, 6.07) is 6.99. The zero-order chi connectivity index (χ0) is 15.2. The summed E-state index contributed by atoms with van der Waals surface area (Å²) in [4.78, 5) is 13.5. The van der Waals surface area contributed by atoms with E-state index in [-0.39, 0.29) is 12.2 Å². The standard InChI is InChI=1S/C16H21NO4/c1-3-17(6-8-18)7-9-20-13-4-5-14-12(2)10-16(19)21-15(14)11-13/h4-5,10-11,18H,3,6-9H2,1-2H3. The number of aliphatic hydroxyl groups excluding tert-OH is 1. The predicted molar refractivity (Wildman–Crippen MR) is 81.9 cm³/mol. The third-order valence-electron chi connectivity index (χ3n) is 3.46. The normalized spacial score (nSPS) is 11.2. The molecule has 2 aromatic rings. The highest BCUT2D eigenvalue weighted by Gasteiger charge is 2.05. The molecule has 114 valence electrons. The molecule has 0 fully saturated rings. The van der Waals surface area contributed by atoms with E-state index < -0.39 is 0 Å². The molecule has 0 spiro atoms. The maximum Gasteiger partial charge on any atom is 0.336 e. The van der Waals surface area contributed by atoms with Gasteiger partial charge in [0.2, 0.25) is 0 Å². The third kappa shape index (κ3) is 4.06. The first-order valence-corrected chi connectivity index (χ1v) is 7.14. The highest BCUT2D eigenvalue weighted by Crippen LogP contribution is 2.22. The number of rotatable bonds is 7. The van der Waals surface area contributed by atoms with Crippen molar-refractivity contribution in [1.29, 1.82) is 0 Å². The molecule has 21 heavy (non-hydrogen) atoms. The summed E-state index contributed by atoms with van der Waals surface area (Å²) < 4.78 is 10.9. The van der Waals surface area contributed by atoms with Crippen molar-refractivity contribution in [3.8, 4) is 5.75 Å². The zero-order valence-corrected chi connectivity index (χ0v) is 12.5. The summed E-state index contributed by atoms with van der Waals surface area (Å²) in [5.74, 6) is 0.677. The van der Waals surface area contributed by atoms with Crippen molar-refractivity contribution >= 4 is 11.0 Å². The molecule has 0 atom stereocenters. The lowest BCUT2D eigenvalue weighted by Gasteiger charge is -2.19. The van der Waals surface area contributed by atoms with Crippen molar-refractivity contribution in [2.24, 2.45) is 0 Å². The molecule has 5 heteroatoms. The fourth-order valence-corrected chi connectivity index (χ4v) is 2.26. The van der Waals surface area contributed by atoms with E-state index in [1.807, 2.05) is 26.0 Å². The van der Waals surface area contributed by atoms with E-state index in [0.717, 1.165) is 24.0 Å². The van der Waals surface area contributed by atoms with Crippen LogP contribution in [0.25, 0.3) is 11.0 Å². The van der Waals surface area contributed by atoms with Crippen LogP contribution in [-0.4, -0.2) is 42.9 Å². The van der Waals surface area contributed by atoms with Gasteiger partial charge in [-0.2, -0.15) is 0 Å². The molecule has 0 bridgehead atoms. The highest BCUT2D eigenvalue weighted by molar-refractivity contribution is 5.81. The van der Waals surface area contributed by atoms with Crippen molar-refractivity contribution in [1.82, 2.24) is 4.90 Å². The lowest BCUT2D eigenvalue weighted by atomic mass is 10.1. The molecule has 0 amide bonds. The topological polar surface area (TPSA) is 62.9 Å². The Hall–Kier alpha value is -1.85. The van der Waals surface area contributed by atoms with Gasteiger partial charge in [0.1, 0.15) is 17.9 Å². The van der Waals surface area contributed by atoms with E-state index in [0.29, 0.717) is 24.5 Å². The first kappa shape index (κ1) is 15.5. The van der Waals surface area contributed by atoms with Gasteiger partial charge in [-0.25, -0.2) is 4.79 Å². The van der Waals surface area contributed by atoms with Crippen molar-refractivity contribution < 1.29 is 14.3 Å². The molecule has 0 aliphatic rings. The highest BCUT2D eigenvalue weighted by atomic mass is 16.5. The monoisotopic (exact) mass is 291 g/mol. The maximum absolute atomic E-state index is 11.4. The van der Waals surface area contributed by atoms with Crippen molar-refractivity contribution in [2.75, 3.05) is 32.8 Å². The SMILES string of the molecule is CCN(CCO)CCOc1ccc2c(C)cc(=O)oc2c1. The Morgan fingerprint density at radius 2 is 2.10 bits per heavy atom. The van der Waals surface area contributed by atoms with Gasteiger partial charge in [0.15, 0.2) is 0 Å². The van der Waals surface area contributed by atoms with Crippen LogP contribution in [0.1, 0.15) is 12.5 Å². The van der Waals surface area contributed by atoms with Gasteiger partial charge >= 0.3 is 5.63 Å². The van der Waals surface area contributed by atoms with Crippen LogP contribution in [0.4, 0.5) is 0 Å². The van der Waals surface area contributed by atoms with Gasteiger partial charge < -0.3 is 14.3 Å². The van der Waals surface area contributed by atoms with E-state index in [4.69, 9.17) is 14.3 Å². The van der Waals surface area contributed by atoms with E-state index in [2.05, 4.69) is 4.90 Å². The predicted octanol–water partition coefficient (Wildman–Crippen LogP) is 1.79. The summed E-state index contributed by atoms with van der Waals surface area (Å²) in [5, 5.41) is 9.84. The summed E-state index contributed by atoms with van der Waals surface area (Å²) in [6.07, 6.45) is 0. The Labute approximate surface area is 123 Å². The third-order valence-corrected chi connectivity index (χ3v) is 3.46. The molecular weight excluding hydrogens is 270 g/mol. The minimum atomic E-state index is -0.350. The second-order valence-electron chi connectivity index (χ2n) is 4.91. The number of aryl methyl sites for hydroxylation is 1. The van der Waals surface area contributed by atoms with Crippen molar-refractivity contribution in [3.05, 3.63) is 40.2 Å². The van der Waals surface area contributed by atoms with Crippen LogP contribution in [0.2, 0.25) is 0 Å². The number of fused-ring (bicyclic) bond motifs is 1. The molecule has 1 heterocycles. The van der Waals surface area contributed by atoms with Crippen LogP contribution in [0.15, 0.2) is 33.5 Å². The van der Waals surface area contributed by atoms with E-state index in [9.17, 15) is 4.79 Å². The Balaban J connectivity index is 2.04. The number of hydrogen-bond donors (Lipinski definition) is 1. The molecule has 0 aliphatic heterocycles. The van der Waals surface area contributed by atoms with Crippen LogP contribution in [-0.2, 0) is 0 Å². The molecular formula is C16H21NO4. The quantitative estimate of drug-likeness (QED) is 0.788. The lowest BCUT2D eigenvalue weighted by molar-refractivity contribution is 0.174. The van der Waals surface area contributed by atoms with E-state index in [1.54, 1.807) is 6.07 Å². The molecule has 5 nitrogen and oxygen atoms in total. The van der Waals surface area contributed by atoms with Gasteiger partial charge in [-0.15, -0.1) is 0 Å². The first-order valence-electron chi connectivity index (χ1n) is 7.14.